The molecule has 0 saturated carbocycles. The molecule has 2 N–H and O–H groups in total. The van der Waals surface area contributed by atoms with Crippen molar-refractivity contribution in [3.05, 3.63) is 57.8 Å². The maximum atomic E-state index is 12.4. The second-order valence-corrected chi connectivity index (χ2v) is 7.66. The van der Waals surface area contributed by atoms with Crippen molar-refractivity contribution in [2.24, 2.45) is 5.73 Å². The van der Waals surface area contributed by atoms with Gasteiger partial charge in [0.1, 0.15) is 6.54 Å². The Balaban J connectivity index is 1.90. The third-order valence-electron chi connectivity index (χ3n) is 4.58. The third-order valence-corrected chi connectivity index (χ3v) is 5.49. The first-order valence-electron chi connectivity index (χ1n) is 9.23. The molecule has 1 aliphatic rings. The van der Waals surface area contributed by atoms with Crippen molar-refractivity contribution in [3.63, 3.8) is 0 Å². The van der Waals surface area contributed by atoms with Crippen molar-refractivity contribution in [3.8, 4) is 5.69 Å². The summed E-state index contributed by atoms with van der Waals surface area (Å²) >= 11 is 0.778. The van der Waals surface area contributed by atoms with Crippen LogP contribution in [0.1, 0.15) is 34.2 Å². The standard InChI is InChI=1S/C21H21N3O5S/c1-4-29-20(27)14-5-7-16(8-6-14)24-12(2)9-15(13(24)3)10-17-19(26)23(11-18(22)25)21(28)30-17/h5-10H,4,11H2,1-3H3,(H2,22,25)/b17-10-. The van der Waals surface area contributed by atoms with Gasteiger partial charge in [-0.2, -0.15) is 0 Å². The van der Waals surface area contributed by atoms with Crippen LogP contribution < -0.4 is 5.73 Å². The van der Waals surface area contributed by atoms with E-state index in [1.54, 1.807) is 25.1 Å². The molecule has 1 fully saturated rings. The summed E-state index contributed by atoms with van der Waals surface area (Å²) in [7, 11) is 0. The van der Waals surface area contributed by atoms with E-state index in [2.05, 4.69) is 0 Å². The van der Waals surface area contributed by atoms with Crippen LogP contribution in [0.4, 0.5) is 4.79 Å². The number of amides is 3. The van der Waals surface area contributed by atoms with Gasteiger partial charge in [-0.05, 0) is 74.5 Å². The van der Waals surface area contributed by atoms with Crippen molar-refractivity contribution in [1.29, 1.82) is 0 Å². The van der Waals surface area contributed by atoms with Crippen molar-refractivity contribution < 1.29 is 23.9 Å². The van der Waals surface area contributed by atoms with E-state index in [9.17, 15) is 19.2 Å². The first kappa shape index (κ1) is 21.4. The minimum absolute atomic E-state index is 0.235. The molecule has 0 aliphatic carbocycles. The maximum Gasteiger partial charge on any atom is 0.338 e. The normalized spacial score (nSPS) is 15.2. The van der Waals surface area contributed by atoms with Crippen LogP contribution in [0, 0.1) is 13.8 Å². The predicted molar refractivity (Wildman–Crippen MR) is 113 cm³/mol. The quantitative estimate of drug-likeness (QED) is 0.560. The lowest BCUT2D eigenvalue weighted by molar-refractivity contribution is -0.127. The zero-order valence-electron chi connectivity index (χ0n) is 16.8. The van der Waals surface area contributed by atoms with Gasteiger partial charge < -0.3 is 15.0 Å². The molecule has 0 bridgehead atoms. The number of hydrogen-bond acceptors (Lipinski definition) is 6. The highest BCUT2D eigenvalue weighted by Gasteiger charge is 2.36. The van der Waals surface area contributed by atoms with E-state index < -0.39 is 23.6 Å². The smallest absolute Gasteiger partial charge is 0.338 e. The molecule has 3 amide bonds. The molecule has 0 spiro atoms. The predicted octanol–water partition coefficient (Wildman–Crippen LogP) is 2.79. The Hall–Kier alpha value is -3.33. The summed E-state index contributed by atoms with van der Waals surface area (Å²) in [6, 6.07) is 8.92. The number of aryl methyl sites for hydroxylation is 1. The number of nitrogens with zero attached hydrogens (tertiary/aromatic N) is 2. The van der Waals surface area contributed by atoms with E-state index in [1.807, 2.05) is 36.6 Å². The Bertz CT molecular complexity index is 1070. The Labute approximate surface area is 177 Å². The van der Waals surface area contributed by atoms with E-state index in [1.165, 1.54) is 0 Å². The zero-order chi connectivity index (χ0) is 22.0. The summed E-state index contributed by atoms with van der Waals surface area (Å²) in [5.41, 5.74) is 8.96. The van der Waals surface area contributed by atoms with Crippen LogP contribution in [-0.2, 0) is 14.3 Å². The van der Waals surface area contributed by atoms with Gasteiger partial charge in [-0.25, -0.2) is 4.79 Å². The van der Waals surface area contributed by atoms with Crippen LogP contribution in [0.25, 0.3) is 11.8 Å². The lowest BCUT2D eigenvalue weighted by Crippen LogP contribution is -2.36. The molecular weight excluding hydrogens is 406 g/mol. The summed E-state index contributed by atoms with van der Waals surface area (Å²) < 4.78 is 6.98. The Kier molecular flexibility index (Phi) is 6.12. The highest BCUT2D eigenvalue weighted by molar-refractivity contribution is 8.18. The van der Waals surface area contributed by atoms with Crippen LogP contribution in [0.2, 0.25) is 0 Å². The van der Waals surface area contributed by atoms with Gasteiger partial charge >= 0.3 is 5.97 Å². The van der Waals surface area contributed by atoms with Gasteiger partial charge in [0.2, 0.25) is 5.91 Å². The number of carbonyl (C=O) groups excluding carboxylic acids is 4. The van der Waals surface area contributed by atoms with Gasteiger partial charge in [0, 0.05) is 17.1 Å². The number of imide groups is 1. The average molecular weight is 427 g/mol. The fraction of sp³-hybridized carbons (Fsp3) is 0.238. The van der Waals surface area contributed by atoms with Gasteiger partial charge in [-0.15, -0.1) is 0 Å². The van der Waals surface area contributed by atoms with Crippen molar-refractivity contribution >= 4 is 40.9 Å². The summed E-state index contributed by atoms with van der Waals surface area (Å²) in [5.74, 6) is -1.66. The number of thioether (sulfide) groups is 1. The van der Waals surface area contributed by atoms with E-state index in [0.29, 0.717) is 12.2 Å². The second-order valence-electron chi connectivity index (χ2n) is 6.66. The highest BCUT2D eigenvalue weighted by Crippen LogP contribution is 2.33. The fourth-order valence-corrected chi connectivity index (χ4v) is 4.05. The molecule has 2 aromatic rings. The molecule has 0 atom stereocenters. The topological polar surface area (TPSA) is 112 Å². The second kappa shape index (κ2) is 8.58. The molecule has 1 aliphatic heterocycles. The summed E-state index contributed by atoms with van der Waals surface area (Å²) in [6.45, 7) is 5.44. The minimum atomic E-state index is -0.747. The van der Waals surface area contributed by atoms with Crippen molar-refractivity contribution in [1.82, 2.24) is 9.47 Å². The first-order chi connectivity index (χ1) is 14.2. The monoisotopic (exact) mass is 427 g/mol. The molecule has 3 rings (SSSR count). The molecule has 2 heterocycles. The SMILES string of the molecule is CCOC(=O)c1ccc(-n2c(C)cc(/C=C3\SC(=O)N(CC(N)=O)C3=O)c2C)cc1. The molecule has 8 nitrogen and oxygen atoms in total. The Morgan fingerprint density at radius 1 is 1.17 bits per heavy atom. The highest BCUT2D eigenvalue weighted by atomic mass is 32.2. The van der Waals surface area contributed by atoms with E-state index >= 15 is 0 Å². The summed E-state index contributed by atoms with van der Waals surface area (Å²) in [4.78, 5) is 48.5. The average Bonchev–Trinajstić information content (AvgIpc) is 3.11. The number of aromatic nitrogens is 1. The van der Waals surface area contributed by atoms with Crippen LogP contribution in [0.15, 0.2) is 35.2 Å². The van der Waals surface area contributed by atoms with Crippen LogP contribution in [0.3, 0.4) is 0 Å². The van der Waals surface area contributed by atoms with Gasteiger partial charge in [0.15, 0.2) is 0 Å². The van der Waals surface area contributed by atoms with Gasteiger partial charge in [0.05, 0.1) is 17.1 Å². The Morgan fingerprint density at radius 3 is 2.43 bits per heavy atom. The number of nitrogens with two attached hydrogens (primary N) is 1. The number of hydrogen-bond donors (Lipinski definition) is 1. The van der Waals surface area contributed by atoms with E-state index in [0.717, 1.165) is 39.3 Å². The number of carbonyl (C=O) groups is 4. The van der Waals surface area contributed by atoms with Crippen molar-refractivity contribution in [2.45, 2.75) is 20.8 Å². The molecule has 1 aromatic heterocycles. The van der Waals surface area contributed by atoms with Crippen LogP contribution >= 0.6 is 11.8 Å². The van der Waals surface area contributed by atoms with E-state index in [-0.39, 0.29) is 10.9 Å². The van der Waals surface area contributed by atoms with Crippen LogP contribution in [0.5, 0.6) is 0 Å². The number of esters is 1. The molecular formula is C21H21N3O5S. The Morgan fingerprint density at radius 2 is 1.83 bits per heavy atom. The molecule has 1 saturated heterocycles. The molecule has 30 heavy (non-hydrogen) atoms. The number of ether oxygens (including phenoxy) is 1. The lowest BCUT2D eigenvalue weighted by atomic mass is 10.2. The third kappa shape index (κ3) is 4.16. The van der Waals surface area contributed by atoms with Gasteiger partial charge in [0.25, 0.3) is 11.1 Å². The first-order valence-corrected chi connectivity index (χ1v) is 10.0. The van der Waals surface area contributed by atoms with Crippen LogP contribution in [-0.4, -0.2) is 45.6 Å². The molecule has 9 heteroatoms. The lowest BCUT2D eigenvalue weighted by Gasteiger charge is -2.10. The number of primary amides is 1. The number of benzene rings is 1. The fourth-order valence-electron chi connectivity index (χ4n) is 3.23. The molecule has 1 aromatic carbocycles. The minimum Gasteiger partial charge on any atom is -0.462 e. The van der Waals surface area contributed by atoms with Gasteiger partial charge in [-0.3, -0.25) is 19.3 Å². The zero-order valence-corrected chi connectivity index (χ0v) is 17.6. The van der Waals surface area contributed by atoms with Gasteiger partial charge in [-0.1, -0.05) is 0 Å². The summed E-state index contributed by atoms with van der Waals surface area (Å²) in [6.07, 6.45) is 1.64. The molecule has 0 radical (unpaired) electrons. The molecule has 0 unspecified atom stereocenters. The largest absolute Gasteiger partial charge is 0.462 e. The molecule has 156 valence electrons. The summed E-state index contributed by atoms with van der Waals surface area (Å²) in [5, 5.41) is -0.520. The van der Waals surface area contributed by atoms with Crippen molar-refractivity contribution in [2.75, 3.05) is 13.2 Å². The number of rotatable bonds is 6. The van der Waals surface area contributed by atoms with E-state index in [4.69, 9.17) is 10.5 Å². The maximum absolute atomic E-state index is 12.4.